The molecule has 2 aliphatic rings. The average Bonchev–Trinajstić information content (AvgIpc) is 3.04. The van der Waals surface area contributed by atoms with Gasteiger partial charge in [-0.05, 0) is 39.7 Å². The molecule has 10 atom stereocenters. The molecular formula is C26H30N12O6. The van der Waals surface area contributed by atoms with Crippen LogP contribution in [0.5, 0.6) is 0 Å². The Labute approximate surface area is 250 Å². The van der Waals surface area contributed by atoms with Crippen molar-refractivity contribution in [2.45, 2.75) is 80.7 Å². The zero-order chi connectivity index (χ0) is 31.3. The fourth-order valence-corrected chi connectivity index (χ4v) is 5.23. The zero-order valence-corrected chi connectivity index (χ0v) is 23.3. The first-order chi connectivity index (χ1) is 21.5. The first-order valence-electron chi connectivity index (χ1n) is 13.6. The zero-order valence-electron chi connectivity index (χ0n) is 23.3. The SMILES string of the molecule is [N-]=[N+]=NC[C@H]1O[C@H](O[C@H]2[C@H](OCc3ccccc3)[C@@H](OCc3ccccc3)[C@H](N=[N+]=[N-])C[C@@H]2N=[N+]=[N-])[C@H](N=[N+]=[N-])[C@@H](O)[C@H]1O. The average molecular weight is 607 g/mol. The summed E-state index contributed by atoms with van der Waals surface area (Å²) < 4.78 is 24.8. The molecular weight excluding hydrogens is 576 g/mol. The van der Waals surface area contributed by atoms with Crippen LogP contribution in [0.3, 0.4) is 0 Å². The summed E-state index contributed by atoms with van der Waals surface area (Å²) >= 11 is 0. The molecule has 1 saturated heterocycles. The van der Waals surface area contributed by atoms with Crippen LogP contribution < -0.4 is 0 Å². The number of nitrogens with zero attached hydrogens (tertiary/aromatic N) is 12. The van der Waals surface area contributed by atoms with E-state index in [-0.39, 0.29) is 26.2 Å². The predicted octanol–water partition coefficient (Wildman–Crippen LogP) is 4.74. The molecule has 4 rings (SSSR count). The third kappa shape index (κ3) is 8.08. The van der Waals surface area contributed by atoms with Crippen molar-refractivity contribution < 1.29 is 29.2 Å². The fourth-order valence-electron chi connectivity index (χ4n) is 5.23. The van der Waals surface area contributed by atoms with Gasteiger partial charge in [-0.25, -0.2) is 0 Å². The van der Waals surface area contributed by atoms with Crippen molar-refractivity contribution in [1.82, 2.24) is 0 Å². The third-order valence-corrected chi connectivity index (χ3v) is 7.33. The van der Waals surface area contributed by atoms with Gasteiger partial charge in [-0.1, -0.05) is 81.1 Å². The van der Waals surface area contributed by atoms with Crippen LogP contribution in [0.1, 0.15) is 17.5 Å². The normalized spacial score (nSPS) is 31.3. The number of hydrogen-bond donors (Lipinski definition) is 2. The van der Waals surface area contributed by atoms with Gasteiger partial charge in [0.25, 0.3) is 0 Å². The summed E-state index contributed by atoms with van der Waals surface area (Å²) in [6.07, 6.45) is -9.07. The highest BCUT2D eigenvalue weighted by Crippen LogP contribution is 2.36. The van der Waals surface area contributed by atoms with Crippen LogP contribution >= 0.6 is 0 Å². The summed E-state index contributed by atoms with van der Waals surface area (Å²) in [5.41, 5.74) is 38.4. The lowest BCUT2D eigenvalue weighted by atomic mass is 9.83. The number of hydrogen-bond acceptors (Lipinski definition) is 10. The van der Waals surface area contributed by atoms with Gasteiger partial charge in [-0.3, -0.25) is 0 Å². The molecule has 1 aliphatic carbocycles. The highest BCUT2D eigenvalue weighted by Gasteiger charge is 2.51. The Kier molecular flexibility index (Phi) is 12.0. The maximum Gasteiger partial charge on any atom is 0.169 e. The minimum absolute atomic E-state index is 0.00429. The summed E-state index contributed by atoms with van der Waals surface area (Å²) in [6.45, 7) is -0.181. The Morgan fingerprint density at radius 3 is 1.80 bits per heavy atom. The van der Waals surface area contributed by atoms with Gasteiger partial charge in [0.05, 0.1) is 56.3 Å². The first kappa shape index (κ1) is 32.4. The van der Waals surface area contributed by atoms with Crippen LogP contribution in [0, 0.1) is 0 Å². The summed E-state index contributed by atoms with van der Waals surface area (Å²) in [5.74, 6) is 0. The second-order valence-electron chi connectivity index (χ2n) is 10.0. The number of azide groups is 4. The van der Waals surface area contributed by atoms with Gasteiger partial charge in [0.2, 0.25) is 0 Å². The van der Waals surface area contributed by atoms with Gasteiger partial charge >= 0.3 is 0 Å². The maximum absolute atomic E-state index is 10.8. The molecule has 18 nitrogen and oxygen atoms in total. The molecule has 18 heteroatoms. The fraction of sp³-hybridized carbons (Fsp3) is 0.538. The van der Waals surface area contributed by atoms with Crippen LogP contribution in [0.4, 0.5) is 0 Å². The van der Waals surface area contributed by atoms with E-state index in [0.29, 0.717) is 0 Å². The van der Waals surface area contributed by atoms with Crippen LogP contribution in [-0.2, 0) is 32.2 Å². The lowest BCUT2D eigenvalue weighted by Gasteiger charge is -2.47. The van der Waals surface area contributed by atoms with E-state index in [1.807, 2.05) is 60.7 Å². The van der Waals surface area contributed by atoms with Crippen molar-refractivity contribution in [3.63, 3.8) is 0 Å². The van der Waals surface area contributed by atoms with Crippen molar-refractivity contribution in [2.75, 3.05) is 6.54 Å². The van der Waals surface area contributed by atoms with Crippen molar-refractivity contribution in [1.29, 1.82) is 0 Å². The molecule has 2 aromatic carbocycles. The van der Waals surface area contributed by atoms with Gasteiger partial charge in [0.15, 0.2) is 6.29 Å². The third-order valence-electron chi connectivity index (χ3n) is 7.33. The molecule has 44 heavy (non-hydrogen) atoms. The molecule has 0 unspecified atom stereocenters. The van der Waals surface area contributed by atoms with Crippen LogP contribution in [-0.4, -0.2) is 77.8 Å². The Bertz CT molecular complexity index is 1410. The van der Waals surface area contributed by atoms with Crippen molar-refractivity contribution in [3.05, 3.63) is 114 Å². The van der Waals surface area contributed by atoms with E-state index in [4.69, 9.17) is 24.5 Å². The number of aliphatic hydroxyl groups excluding tert-OH is 2. The molecule has 1 aliphatic heterocycles. The maximum atomic E-state index is 10.8. The van der Waals surface area contributed by atoms with Crippen LogP contribution in [0.2, 0.25) is 0 Å². The minimum atomic E-state index is -1.66. The van der Waals surface area contributed by atoms with Gasteiger partial charge in [-0.2, -0.15) is 0 Å². The van der Waals surface area contributed by atoms with E-state index in [1.165, 1.54) is 0 Å². The molecule has 0 bridgehead atoms. The van der Waals surface area contributed by atoms with E-state index >= 15 is 0 Å². The molecule has 2 aromatic rings. The van der Waals surface area contributed by atoms with Crippen LogP contribution in [0.25, 0.3) is 41.8 Å². The predicted molar refractivity (Wildman–Crippen MR) is 153 cm³/mol. The van der Waals surface area contributed by atoms with Crippen molar-refractivity contribution in [2.24, 2.45) is 20.5 Å². The number of ether oxygens (including phenoxy) is 4. The molecule has 2 N–H and O–H groups in total. The summed E-state index contributed by atoms with van der Waals surface area (Å²) in [6, 6.07) is 15.2. The lowest BCUT2D eigenvalue weighted by Crippen LogP contribution is -2.63. The Morgan fingerprint density at radius 2 is 1.25 bits per heavy atom. The molecule has 230 valence electrons. The van der Waals surface area contributed by atoms with Gasteiger partial charge in [0, 0.05) is 19.6 Å². The Balaban J connectivity index is 1.73. The molecule has 0 aromatic heterocycles. The largest absolute Gasteiger partial charge is 0.390 e. The minimum Gasteiger partial charge on any atom is -0.390 e. The monoisotopic (exact) mass is 606 g/mol. The van der Waals surface area contributed by atoms with E-state index in [0.717, 1.165) is 11.1 Å². The summed E-state index contributed by atoms with van der Waals surface area (Å²) in [7, 11) is 0. The smallest absolute Gasteiger partial charge is 0.169 e. The summed E-state index contributed by atoms with van der Waals surface area (Å²) in [4.78, 5) is 11.4. The van der Waals surface area contributed by atoms with E-state index in [2.05, 4.69) is 40.1 Å². The highest BCUT2D eigenvalue weighted by atomic mass is 16.7. The second-order valence-corrected chi connectivity index (χ2v) is 10.0. The van der Waals surface area contributed by atoms with Crippen LogP contribution in [0.15, 0.2) is 81.1 Å². The number of rotatable bonds is 13. The molecule has 0 spiro atoms. The molecule has 2 fully saturated rings. The number of aliphatic hydroxyl groups is 2. The van der Waals surface area contributed by atoms with E-state index < -0.39 is 61.0 Å². The van der Waals surface area contributed by atoms with E-state index in [1.54, 1.807) is 0 Å². The Hall–Kier alpha value is -4.56. The molecule has 0 radical (unpaired) electrons. The second kappa shape index (κ2) is 16.3. The van der Waals surface area contributed by atoms with Crippen molar-refractivity contribution >= 4 is 0 Å². The standard InChI is InChI=1S/C26H30N12O6/c27-35-31-12-19-21(39)22(40)20(34-38-30)26(43-19)44-24-18(33-37-29)11-17(32-36-28)23(41-13-15-7-3-1-4-8-15)25(24)42-14-16-9-5-2-6-10-16/h1-10,17-26,39-40H,11-14H2/t17-,18+,19-,20-,21+,22-,23+,24-,25-,26-/m1/s1. The van der Waals surface area contributed by atoms with E-state index in [9.17, 15) is 26.8 Å². The quantitative estimate of drug-likeness (QED) is 0.184. The topological polar surface area (TPSA) is 272 Å². The Morgan fingerprint density at radius 1 is 0.705 bits per heavy atom. The molecule has 1 heterocycles. The van der Waals surface area contributed by atoms with Gasteiger partial charge in [0.1, 0.15) is 18.2 Å². The number of benzene rings is 2. The van der Waals surface area contributed by atoms with Gasteiger partial charge in [-0.15, -0.1) is 0 Å². The van der Waals surface area contributed by atoms with Gasteiger partial charge < -0.3 is 29.2 Å². The molecule has 0 amide bonds. The highest BCUT2D eigenvalue weighted by molar-refractivity contribution is 5.15. The van der Waals surface area contributed by atoms with Crippen molar-refractivity contribution in [3.8, 4) is 0 Å². The lowest BCUT2D eigenvalue weighted by molar-refractivity contribution is -0.293. The summed E-state index contributed by atoms with van der Waals surface area (Å²) in [5, 5.41) is 36.2. The first-order valence-corrected chi connectivity index (χ1v) is 13.6. The molecule has 1 saturated carbocycles.